The normalized spacial score (nSPS) is 26.7. The summed E-state index contributed by atoms with van der Waals surface area (Å²) < 4.78 is 2.20. The van der Waals surface area contributed by atoms with Crippen molar-refractivity contribution in [2.45, 2.75) is 127 Å². The Labute approximate surface area is 204 Å². The summed E-state index contributed by atoms with van der Waals surface area (Å²) in [5, 5.41) is 19.9. The minimum absolute atomic E-state index is 0.164. The largest absolute Gasteiger partial charge is 0.393 e. The molecule has 0 bridgehead atoms. The first-order chi connectivity index (χ1) is 16.6. The lowest BCUT2D eigenvalue weighted by atomic mass is 9.88. The molecule has 2 aliphatic carbocycles. The lowest BCUT2D eigenvalue weighted by Crippen LogP contribution is -2.42. The van der Waals surface area contributed by atoms with E-state index in [9.17, 15) is 5.11 Å². The van der Waals surface area contributed by atoms with Gasteiger partial charge in [-0.2, -0.15) is 10.1 Å². The summed E-state index contributed by atoms with van der Waals surface area (Å²) in [6, 6.07) is 1.48. The van der Waals surface area contributed by atoms with Crippen LogP contribution in [0.25, 0.3) is 11.0 Å². The Bertz CT molecular complexity index is 923. The number of aliphatic hydroxyl groups is 1. The van der Waals surface area contributed by atoms with E-state index >= 15 is 0 Å². The molecule has 1 atom stereocenters. The van der Waals surface area contributed by atoms with Crippen LogP contribution in [0.3, 0.4) is 0 Å². The monoisotopic (exact) mass is 468 g/mol. The topological polar surface area (TPSA) is 79.1 Å². The first kappa shape index (κ1) is 24.0. The van der Waals surface area contributed by atoms with Gasteiger partial charge in [0.1, 0.15) is 0 Å². The minimum Gasteiger partial charge on any atom is -0.393 e. The van der Waals surface area contributed by atoms with E-state index in [2.05, 4.69) is 28.7 Å². The summed E-state index contributed by atoms with van der Waals surface area (Å²) in [6.07, 6.45) is 17.1. The highest BCUT2D eigenvalue weighted by Gasteiger charge is 2.31. The maximum atomic E-state index is 10.1. The fourth-order valence-corrected chi connectivity index (χ4v) is 6.58. The third-order valence-electron chi connectivity index (χ3n) is 8.59. The Morgan fingerprint density at radius 3 is 2.44 bits per heavy atom. The van der Waals surface area contributed by atoms with E-state index < -0.39 is 0 Å². The second-order valence-electron chi connectivity index (χ2n) is 11.2. The molecule has 0 radical (unpaired) electrons. The molecule has 2 aromatic heterocycles. The molecule has 34 heavy (non-hydrogen) atoms. The number of rotatable bonds is 7. The van der Waals surface area contributed by atoms with Crippen molar-refractivity contribution in [1.29, 1.82) is 0 Å². The Hall–Kier alpha value is -1.73. The van der Waals surface area contributed by atoms with Crippen LogP contribution in [0.5, 0.6) is 0 Å². The molecule has 0 unspecified atom stereocenters. The number of hydrogen-bond donors (Lipinski definition) is 2. The zero-order chi connectivity index (χ0) is 23.5. The SMILES string of the molecule is CCC[C@H](C)Nc1ncc2c(C3CCN(C4CCCCC4)CC3)nn(C3CCC(O)CC3)c2n1. The number of likely N-dealkylation sites (tertiary alicyclic amines) is 1. The standard InChI is InChI=1S/C27H44N6O/c1-3-7-19(2)29-27-28-18-24-25(20-14-16-32(17-15-20)21-8-5-4-6-9-21)31-33(26(24)30-27)22-10-12-23(34)13-11-22/h18-23,34H,3-17H2,1-2H3,(H,28,29,30)/t19-,22?,23?/m0/s1. The van der Waals surface area contributed by atoms with E-state index in [0.29, 0.717) is 23.9 Å². The molecule has 5 rings (SSSR count). The molecule has 0 aromatic carbocycles. The number of nitrogens with zero attached hydrogens (tertiary/aromatic N) is 5. The highest BCUT2D eigenvalue weighted by molar-refractivity contribution is 5.79. The van der Waals surface area contributed by atoms with Gasteiger partial charge in [-0.25, -0.2) is 9.67 Å². The van der Waals surface area contributed by atoms with Gasteiger partial charge in [-0.1, -0.05) is 32.6 Å². The minimum atomic E-state index is -0.164. The third kappa shape index (κ3) is 5.25. The van der Waals surface area contributed by atoms with Crippen LogP contribution in [0.2, 0.25) is 0 Å². The van der Waals surface area contributed by atoms with Crippen molar-refractivity contribution < 1.29 is 5.11 Å². The summed E-state index contributed by atoms with van der Waals surface area (Å²) in [5.74, 6) is 1.20. The van der Waals surface area contributed by atoms with E-state index in [4.69, 9.17) is 15.1 Å². The number of anilines is 1. The smallest absolute Gasteiger partial charge is 0.224 e. The van der Waals surface area contributed by atoms with Gasteiger partial charge in [0, 0.05) is 24.2 Å². The van der Waals surface area contributed by atoms with Crippen LogP contribution in [0.15, 0.2) is 6.20 Å². The predicted molar refractivity (Wildman–Crippen MR) is 137 cm³/mol. The first-order valence-corrected chi connectivity index (χ1v) is 14.1. The molecule has 3 heterocycles. The Kier molecular flexibility index (Phi) is 7.69. The summed E-state index contributed by atoms with van der Waals surface area (Å²) in [5.41, 5.74) is 2.19. The van der Waals surface area contributed by atoms with E-state index in [1.165, 1.54) is 63.7 Å². The van der Waals surface area contributed by atoms with Crippen LogP contribution in [0.4, 0.5) is 5.95 Å². The average Bonchev–Trinajstić information content (AvgIpc) is 3.24. The van der Waals surface area contributed by atoms with E-state index in [1.807, 2.05) is 6.20 Å². The highest BCUT2D eigenvalue weighted by atomic mass is 16.3. The zero-order valence-electron chi connectivity index (χ0n) is 21.3. The number of fused-ring (bicyclic) bond motifs is 1. The Balaban J connectivity index is 1.38. The molecule has 7 heteroatoms. The maximum Gasteiger partial charge on any atom is 0.224 e. The fourth-order valence-electron chi connectivity index (χ4n) is 6.58. The lowest BCUT2D eigenvalue weighted by Gasteiger charge is -2.39. The molecule has 3 aliphatic rings. The van der Waals surface area contributed by atoms with Crippen molar-refractivity contribution in [3.05, 3.63) is 11.9 Å². The summed E-state index contributed by atoms with van der Waals surface area (Å²) in [4.78, 5) is 12.5. The zero-order valence-corrected chi connectivity index (χ0v) is 21.3. The Morgan fingerprint density at radius 1 is 1.00 bits per heavy atom. The number of hydrogen-bond acceptors (Lipinski definition) is 6. The van der Waals surface area contributed by atoms with Crippen molar-refractivity contribution in [1.82, 2.24) is 24.6 Å². The number of nitrogens with one attached hydrogen (secondary N) is 1. The van der Waals surface area contributed by atoms with Crippen molar-refractivity contribution >= 4 is 17.0 Å². The van der Waals surface area contributed by atoms with Crippen LogP contribution in [0.1, 0.15) is 115 Å². The fraction of sp³-hybridized carbons (Fsp3) is 0.815. The van der Waals surface area contributed by atoms with Crippen molar-refractivity contribution in [3.63, 3.8) is 0 Å². The van der Waals surface area contributed by atoms with Crippen LogP contribution in [0, 0.1) is 0 Å². The predicted octanol–water partition coefficient (Wildman–Crippen LogP) is 5.41. The average molecular weight is 469 g/mol. The van der Waals surface area contributed by atoms with E-state index in [0.717, 1.165) is 55.6 Å². The van der Waals surface area contributed by atoms with Gasteiger partial charge in [-0.15, -0.1) is 0 Å². The number of aromatic nitrogens is 4. The highest BCUT2D eigenvalue weighted by Crippen LogP contribution is 2.37. The van der Waals surface area contributed by atoms with Gasteiger partial charge in [-0.3, -0.25) is 0 Å². The van der Waals surface area contributed by atoms with Crippen LogP contribution >= 0.6 is 0 Å². The molecular formula is C27H44N6O. The molecule has 2 aromatic rings. The van der Waals surface area contributed by atoms with Crippen LogP contribution in [-0.4, -0.2) is 61.0 Å². The molecular weight excluding hydrogens is 424 g/mol. The molecule has 2 saturated carbocycles. The van der Waals surface area contributed by atoms with E-state index in [1.54, 1.807) is 0 Å². The van der Waals surface area contributed by atoms with Crippen LogP contribution < -0.4 is 5.32 Å². The number of aliphatic hydroxyl groups excluding tert-OH is 1. The summed E-state index contributed by atoms with van der Waals surface area (Å²) in [7, 11) is 0. The van der Waals surface area contributed by atoms with Gasteiger partial charge in [-0.05, 0) is 77.8 Å². The molecule has 2 N–H and O–H groups in total. The van der Waals surface area contributed by atoms with Crippen molar-refractivity contribution in [2.75, 3.05) is 18.4 Å². The second-order valence-corrected chi connectivity index (χ2v) is 11.2. The first-order valence-electron chi connectivity index (χ1n) is 14.1. The van der Waals surface area contributed by atoms with Crippen molar-refractivity contribution in [2.24, 2.45) is 0 Å². The Morgan fingerprint density at radius 2 is 1.74 bits per heavy atom. The van der Waals surface area contributed by atoms with Gasteiger partial charge in [0.25, 0.3) is 0 Å². The van der Waals surface area contributed by atoms with Crippen molar-refractivity contribution in [3.8, 4) is 0 Å². The van der Waals surface area contributed by atoms with Crippen LogP contribution in [-0.2, 0) is 0 Å². The second kappa shape index (κ2) is 10.9. The molecule has 188 valence electrons. The molecule has 3 fully saturated rings. The molecule has 1 aliphatic heterocycles. The summed E-state index contributed by atoms with van der Waals surface area (Å²) >= 11 is 0. The maximum absolute atomic E-state index is 10.1. The molecule has 0 spiro atoms. The summed E-state index contributed by atoms with van der Waals surface area (Å²) in [6.45, 7) is 6.78. The van der Waals surface area contributed by atoms with Gasteiger partial charge < -0.3 is 15.3 Å². The van der Waals surface area contributed by atoms with Gasteiger partial charge >= 0.3 is 0 Å². The third-order valence-corrected chi connectivity index (χ3v) is 8.59. The molecule has 1 saturated heterocycles. The quantitative estimate of drug-likeness (QED) is 0.565. The van der Waals surface area contributed by atoms with Gasteiger partial charge in [0.2, 0.25) is 5.95 Å². The molecule has 0 amide bonds. The van der Waals surface area contributed by atoms with E-state index in [-0.39, 0.29) is 6.10 Å². The lowest BCUT2D eigenvalue weighted by molar-refractivity contribution is 0.108. The van der Waals surface area contributed by atoms with Gasteiger partial charge in [0.05, 0.1) is 23.2 Å². The molecule has 7 nitrogen and oxygen atoms in total. The number of piperidine rings is 1. The van der Waals surface area contributed by atoms with Gasteiger partial charge in [0.15, 0.2) is 5.65 Å².